The zero-order valence-electron chi connectivity index (χ0n) is 10.7. The third kappa shape index (κ3) is 3.80. The molecule has 1 heterocycles. The summed E-state index contributed by atoms with van der Waals surface area (Å²) in [5.74, 6) is 1.02. The highest BCUT2D eigenvalue weighted by molar-refractivity contribution is 7.08. The molecule has 2 nitrogen and oxygen atoms in total. The molecule has 0 amide bonds. The van der Waals surface area contributed by atoms with Gasteiger partial charge in [-0.05, 0) is 32.2 Å². The third-order valence-corrected chi connectivity index (χ3v) is 4.21. The number of thiophene rings is 1. The molecule has 1 aromatic rings. The van der Waals surface area contributed by atoms with Gasteiger partial charge in [0, 0.05) is 11.8 Å². The Morgan fingerprint density at radius 2 is 1.88 bits per heavy atom. The fourth-order valence-corrected chi connectivity index (χ4v) is 2.64. The molecule has 0 aromatic carbocycles. The summed E-state index contributed by atoms with van der Waals surface area (Å²) in [5.41, 5.74) is 0. The molecular weight excluding hydrogens is 218 g/mol. The second-order valence-electron chi connectivity index (χ2n) is 4.17. The zero-order chi connectivity index (χ0) is 11.9. The molecule has 0 fully saturated rings. The first-order chi connectivity index (χ1) is 7.76. The minimum Gasteiger partial charge on any atom is -0.492 e. The van der Waals surface area contributed by atoms with E-state index in [-0.39, 0.29) is 0 Å². The summed E-state index contributed by atoms with van der Waals surface area (Å²) in [5, 5.41) is 4.11. The van der Waals surface area contributed by atoms with Crippen molar-refractivity contribution >= 4 is 11.3 Å². The van der Waals surface area contributed by atoms with Crippen LogP contribution < -0.4 is 4.74 Å². The molecule has 0 bridgehead atoms. The molecule has 0 saturated heterocycles. The number of quaternary nitrogens is 1. The van der Waals surface area contributed by atoms with Gasteiger partial charge < -0.3 is 9.22 Å². The van der Waals surface area contributed by atoms with Gasteiger partial charge in [0.1, 0.15) is 5.75 Å². The first-order valence-electron chi connectivity index (χ1n) is 6.26. The van der Waals surface area contributed by atoms with Gasteiger partial charge in [0.2, 0.25) is 0 Å². The molecule has 0 spiro atoms. The molecule has 16 heavy (non-hydrogen) atoms. The Bertz CT molecular complexity index is 259. The zero-order valence-corrected chi connectivity index (χ0v) is 11.6. The quantitative estimate of drug-likeness (QED) is 0.501. The van der Waals surface area contributed by atoms with E-state index in [1.54, 1.807) is 11.3 Å². The summed E-state index contributed by atoms with van der Waals surface area (Å²) >= 11 is 1.69. The maximum atomic E-state index is 5.68. The van der Waals surface area contributed by atoms with Crippen LogP contribution in [0.4, 0.5) is 0 Å². The van der Waals surface area contributed by atoms with Crippen LogP contribution in [0.3, 0.4) is 0 Å². The highest BCUT2D eigenvalue weighted by atomic mass is 32.1. The van der Waals surface area contributed by atoms with Gasteiger partial charge in [0.15, 0.2) is 0 Å². The Kier molecular flexibility index (Phi) is 5.85. The van der Waals surface area contributed by atoms with Crippen molar-refractivity contribution in [2.45, 2.75) is 27.2 Å². The molecule has 1 rings (SSSR count). The van der Waals surface area contributed by atoms with Crippen molar-refractivity contribution in [3.63, 3.8) is 0 Å². The Morgan fingerprint density at radius 3 is 2.38 bits per heavy atom. The minimum atomic E-state index is 0.844. The van der Waals surface area contributed by atoms with E-state index in [0.29, 0.717) is 0 Å². The Morgan fingerprint density at radius 1 is 1.19 bits per heavy atom. The monoisotopic (exact) mass is 242 g/mol. The second kappa shape index (κ2) is 6.92. The molecule has 0 N–H and O–H groups in total. The van der Waals surface area contributed by atoms with E-state index in [9.17, 15) is 0 Å². The lowest BCUT2D eigenvalue weighted by molar-refractivity contribution is -0.923. The third-order valence-electron chi connectivity index (χ3n) is 3.55. The van der Waals surface area contributed by atoms with Crippen LogP contribution in [-0.4, -0.2) is 37.3 Å². The van der Waals surface area contributed by atoms with E-state index in [2.05, 4.69) is 31.5 Å². The Balaban J connectivity index is 2.23. The van der Waals surface area contributed by atoms with Crippen LogP contribution in [0, 0.1) is 0 Å². The van der Waals surface area contributed by atoms with E-state index in [4.69, 9.17) is 4.74 Å². The SMILES string of the molecule is CC[N+](CC)(CC)CCCOc1ccsc1. The first kappa shape index (κ1) is 13.5. The molecule has 92 valence electrons. The summed E-state index contributed by atoms with van der Waals surface area (Å²) < 4.78 is 6.89. The van der Waals surface area contributed by atoms with Gasteiger partial charge in [-0.1, -0.05) is 0 Å². The molecule has 0 aliphatic rings. The van der Waals surface area contributed by atoms with E-state index in [0.717, 1.165) is 18.8 Å². The van der Waals surface area contributed by atoms with E-state index >= 15 is 0 Å². The lowest BCUT2D eigenvalue weighted by Gasteiger charge is -2.35. The standard InChI is InChI=1S/C13H24NOS/c1-4-14(5-2,6-3)9-7-10-15-13-8-11-16-12-13/h8,11-12H,4-7,9-10H2,1-3H3/q+1. The van der Waals surface area contributed by atoms with Gasteiger partial charge in [-0.2, -0.15) is 0 Å². The van der Waals surface area contributed by atoms with E-state index in [1.807, 2.05) is 6.07 Å². The van der Waals surface area contributed by atoms with Gasteiger partial charge in [0.25, 0.3) is 0 Å². The van der Waals surface area contributed by atoms with Crippen LogP contribution in [0.2, 0.25) is 0 Å². The van der Waals surface area contributed by atoms with Crippen molar-refractivity contribution in [3.8, 4) is 5.75 Å². The van der Waals surface area contributed by atoms with Crippen LogP contribution in [0.1, 0.15) is 27.2 Å². The van der Waals surface area contributed by atoms with Crippen LogP contribution in [0.15, 0.2) is 16.8 Å². The number of rotatable bonds is 8. The normalized spacial score (nSPS) is 11.7. The fourth-order valence-electron chi connectivity index (χ4n) is 2.07. The second-order valence-corrected chi connectivity index (χ2v) is 4.96. The summed E-state index contributed by atoms with van der Waals surface area (Å²) in [4.78, 5) is 0. The van der Waals surface area contributed by atoms with Crippen LogP contribution in [-0.2, 0) is 0 Å². The average molecular weight is 242 g/mol. The summed E-state index contributed by atoms with van der Waals surface area (Å²) in [6, 6.07) is 2.03. The fraction of sp³-hybridized carbons (Fsp3) is 0.692. The molecule has 3 heteroatoms. The number of ether oxygens (including phenoxy) is 1. The highest BCUT2D eigenvalue weighted by Gasteiger charge is 2.19. The van der Waals surface area contributed by atoms with E-state index < -0.39 is 0 Å². The van der Waals surface area contributed by atoms with Gasteiger partial charge >= 0.3 is 0 Å². The average Bonchev–Trinajstić information content (AvgIpc) is 2.83. The largest absolute Gasteiger partial charge is 0.492 e. The maximum Gasteiger partial charge on any atom is 0.129 e. The molecule has 0 radical (unpaired) electrons. The molecule has 0 unspecified atom stereocenters. The number of nitrogens with zero attached hydrogens (tertiary/aromatic N) is 1. The van der Waals surface area contributed by atoms with Crippen molar-refractivity contribution in [3.05, 3.63) is 16.8 Å². The molecule has 1 aromatic heterocycles. The summed E-state index contributed by atoms with van der Waals surface area (Å²) in [6.07, 6.45) is 1.14. The van der Waals surface area contributed by atoms with Crippen molar-refractivity contribution < 1.29 is 9.22 Å². The molecule has 0 atom stereocenters. The topological polar surface area (TPSA) is 9.23 Å². The van der Waals surface area contributed by atoms with Gasteiger partial charge in [-0.25, -0.2) is 0 Å². The number of hydrogen-bond donors (Lipinski definition) is 0. The minimum absolute atomic E-state index is 0.844. The van der Waals surface area contributed by atoms with Gasteiger partial charge in [0.05, 0.1) is 32.8 Å². The molecule has 0 aliphatic carbocycles. The van der Waals surface area contributed by atoms with Crippen molar-refractivity contribution in [1.29, 1.82) is 0 Å². The Labute approximate surface area is 103 Å². The predicted octanol–water partition coefficient (Wildman–Crippen LogP) is 3.39. The van der Waals surface area contributed by atoms with Crippen LogP contribution in [0.25, 0.3) is 0 Å². The van der Waals surface area contributed by atoms with E-state index in [1.165, 1.54) is 30.7 Å². The van der Waals surface area contributed by atoms with Crippen LogP contribution in [0.5, 0.6) is 5.75 Å². The highest BCUT2D eigenvalue weighted by Crippen LogP contribution is 2.15. The number of hydrogen-bond acceptors (Lipinski definition) is 2. The lowest BCUT2D eigenvalue weighted by atomic mass is 10.3. The predicted molar refractivity (Wildman–Crippen MR) is 71.2 cm³/mol. The first-order valence-corrected chi connectivity index (χ1v) is 7.20. The Hall–Kier alpha value is -0.540. The van der Waals surface area contributed by atoms with Crippen molar-refractivity contribution in [2.75, 3.05) is 32.8 Å². The van der Waals surface area contributed by atoms with Gasteiger partial charge in [-0.3, -0.25) is 0 Å². The summed E-state index contributed by atoms with van der Waals surface area (Å²) in [6.45, 7) is 12.6. The maximum absolute atomic E-state index is 5.68. The van der Waals surface area contributed by atoms with Gasteiger partial charge in [-0.15, -0.1) is 11.3 Å². The van der Waals surface area contributed by atoms with Crippen molar-refractivity contribution in [1.82, 2.24) is 0 Å². The molecule has 0 aliphatic heterocycles. The van der Waals surface area contributed by atoms with Crippen LogP contribution >= 0.6 is 11.3 Å². The lowest BCUT2D eigenvalue weighted by Crippen LogP contribution is -2.48. The molecule has 0 saturated carbocycles. The smallest absolute Gasteiger partial charge is 0.129 e. The summed E-state index contributed by atoms with van der Waals surface area (Å²) in [7, 11) is 0. The van der Waals surface area contributed by atoms with Crippen molar-refractivity contribution in [2.24, 2.45) is 0 Å². The molecular formula is C13H24NOS+.